The number of hydrogen-bond donors (Lipinski definition) is 1. The molecule has 1 aliphatic heterocycles. The Morgan fingerprint density at radius 1 is 1.00 bits per heavy atom. The van der Waals surface area contributed by atoms with Crippen molar-refractivity contribution in [3.8, 4) is 6.07 Å². The molecular formula is C23H30N4. The maximum atomic E-state index is 9.48. The van der Waals surface area contributed by atoms with Crippen LogP contribution in [-0.2, 0) is 12.0 Å². The summed E-state index contributed by atoms with van der Waals surface area (Å²) in [7, 11) is 2.16. The van der Waals surface area contributed by atoms with Crippen LogP contribution in [0.1, 0.15) is 37.5 Å². The molecule has 1 N–H and O–H groups in total. The van der Waals surface area contributed by atoms with Gasteiger partial charge >= 0.3 is 0 Å². The molecule has 0 spiro atoms. The first-order valence-electron chi connectivity index (χ1n) is 9.68. The molecule has 142 valence electrons. The highest BCUT2D eigenvalue weighted by atomic mass is 15.2. The number of hydrogen-bond acceptors (Lipinski definition) is 4. The fraction of sp³-hybridized carbons (Fsp3) is 0.435. The van der Waals surface area contributed by atoms with Crippen LogP contribution >= 0.6 is 0 Å². The van der Waals surface area contributed by atoms with Gasteiger partial charge in [0.25, 0.3) is 0 Å². The fourth-order valence-electron chi connectivity index (χ4n) is 3.38. The van der Waals surface area contributed by atoms with E-state index in [1.54, 1.807) is 0 Å². The maximum absolute atomic E-state index is 9.48. The van der Waals surface area contributed by atoms with Crippen molar-refractivity contribution in [3.63, 3.8) is 0 Å². The van der Waals surface area contributed by atoms with Gasteiger partial charge in [0, 0.05) is 44.1 Å². The zero-order chi connectivity index (χ0) is 19.4. The lowest BCUT2D eigenvalue weighted by molar-refractivity contribution is 0.313. The van der Waals surface area contributed by atoms with E-state index in [0.29, 0.717) is 6.54 Å². The van der Waals surface area contributed by atoms with Crippen LogP contribution in [0.3, 0.4) is 0 Å². The summed E-state index contributed by atoms with van der Waals surface area (Å²) < 4.78 is 0. The highest BCUT2D eigenvalue weighted by Crippen LogP contribution is 2.25. The van der Waals surface area contributed by atoms with Crippen molar-refractivity contribution in [2.24, 2.45) is 0 Å². The van der Waals surface area contributed by atoms with Gasteiger partial charge in [-0.15, -0.1) is 0 Å². The van der Waals surface area contributed by atoms with Crippen molar-refractivity contribution in [1.29, 1.82) is 5.26 Å². The molecule has 27 heavy (non-hydrogen) atoms. The van der Waals surface area contributed by atoms with Gasteiger partial charge in [0.05, 0.1) is 11.6 Å². The Kier molecular flexibility index (Phi) is 5.72. The van der Waals surface area contributed by atoms with Crippen molar-refractivity contribution in [2.45, 2.75) is 32.7 Å². The summed E-state index contributed by atoms with van der Waals surface area (Å²) in [5.41, 5.74) is 5.56. The summed E-state index contributed by atoms with van der Waals surface area (Å²) in [6.07, 6.45) is 0. The Morgan fingerprint density at radius 3 is 2.26 bits per heavy atom. The lowest BCUT2D eigenvalue weighted by Gasteiger charge is -2.34. The Balaban J connectivity index is 1.72. The van der Waals surface area contributed by atoms with E-state index >= 15 is 0 Å². The summed E-state index contributed by atoms with van der Waals surface area (Å²) in [6.45, 7) is 11.5. The SMILES string of the molecule is CN1CCN(c2ccc(C#N)c(CNc3ccc(C(C)(C)C)cc3)c2)CC1. The van der Waals surface area contributed by atoms with Crippen LogP contribution in [0.15, 0.2) is 42.5 Å². The predicted molar refractivity (Wildman–Crippen MR) is 113 cm³/mol. The Bertz CT molecular complexity index is 804. The molecule has 4 nitrogen and oxygen atoms in total. The molecule has 1 fully saturated rings. The average molecular weight is 363 g/mol. The van der Waals surface area contributed by atoms with E-state index in [-0.39, 0.29) is 5.41 Å². The number of benzene rings is 2. The number of piperazine rings is 1. The maximum Gasteiger partial charge on any atom is 0.0995 e. The fourth-order valence-corrected chi connectivity index (χ4v) is 3.38. The van der Waals surface area contributed by atoms with E-state index in [1.807, 2.05) is 6.07 Å². The Labute approximate surface area is 163 Å². The first-order valence-corrected chi connectivity index (χ1v) is 9.68. The van der Waals surface area contributed by atoms with Gasteiger partial charge in [-0.1, -0.05) is 32.9 Å². The second-order valence-electron chi connectivity index (χ2n) is 8.42. The van der Waals surface area contributed by atoms with Crippen molar-refractivity contribution < 1.29 is 0 Å². The van der Waals surface area contributed by atoms with Gasteiger partial charge in [0.15, 0.2) is 0 Å². The van der Waals surface area contributed by atoms with Gasteiger partial charge in [-0.2, -0.15) is 5.26 Å². The average Bonchev–Trinajstić information content (AvgIpc) is 2.66. The molecule has 3 rings (SSSR count). The number of nitriles is 1. The van der Waals surface area contributed by atoms with E-state index in [4.69, 9.17) is 0 Å². The van der Waals surface area contributed by atoms with Crippen molar-refractivity contribution in [3.05, 3.63) is 59.2 Å². The molecule has 4 heteroatoms. The van der Waals surface area contributed by atoms with E-state index in [9.17, 15) is 5.26 Å². The molecule has 0 saturated carbocycles. The van der Waals surface area contributed by atoms with E-state index in [2.05, 4.69) is 85.4 Å². The van der Waals surface area contributed by atoms with Crippen molar-refractivity contribution >= 4 is 11.4 Å². The van der Waals surface area contributed by atoms with Gasteiger partial charge < -0.3 is 15.1 Å². The molecule has 1 heterocycles. The lowest BCUT2D eigenvalue weighted by atomic mass is 9.87. The molecule has 0 radical (unpaired) electrons. The smallest absolute Gasteiger partial charge is 0.0995 e. The van der Waals surface area contributed by atoms with Gasteiger partial charge in [0.2, 0.25) is 0 Å². The summed E-state index contributed by atoms with van der Waals surface area (Å²) in [4.78, 5) is 4.76. The lowest BCUT2D eigenvalue weighted by Crippen LogP contribution is -2.44. The molecule has 0 atom stereocenters. The summed E-state index contributed by atoms with van der Waals surface area (Å²) in [6, 6.07) is 17.1. The third kappa shape index (κ3) is 4.81. The van der Waals surface area contributed by atoms with Crippen LogP contribution in [-0.4, -0.2) is 38.1 Å². The molecular weight excluding hydrogens is 332 g/mol. The summed E-state index contributed by atoms with van der Waals surface area (Å²) in [5, 5.41) is 13.0. The van der Waals surface area contributed by atoms with Crippen molar-refractivity contribution in [1.82, 2.24) is 4.90 Å². The quantitative estimate of drug-likeness (QED) is 0.884. The molecule has 0 aromatic heterocycles. The van der Waals surface area contributed by atoms with Gasteiger partial charge in [-0.25, -0.2) is 0 Å². The third-order valence-corrected chi connectivity index (χ3v) is 5.31. The van der Waals surface area contributed by atoms with Gasteiger partial charge in [-0.05, 0) is 53.9 Å². The molecule has 0 bridgehead atoms. The molecule has 0 unspecified atom stereocenters. The minimum Gasteiger partial charge on any atom is -0.381 e. The molecule has 0 amide bonds. The van der Waals surface area contributed by atoms with E-state index < -0.39 is 0 Å². The number of rotatable bonds is 4. The van der Waals surface area contributed by atoms with Gasteiger partial charge in [-0.3, -0.25) is 0 Å². The van der Waals surface area contributed by atoms with E-state index in [1.165, 1.54) is 11.3 Å². The largest absolute Gasteiger partial charge is 0.381 e. The molecule has 0 aliphatic carbocycles. The Morgan fingerprint density at radius 2 is 1.67 bits per heavy atom. The van der Waals surface area contributed by atoms with Crippen LogP contribution in [0.25, 0.3) is 0 Å². The monoisotopic (exact) mass is 362 g/mol. The Hall–Kier alpha value is -2.51. The van der Waals surface area contributed by atoms with E-state index in [0.717, 1.165) is 43.0 Å². The number of anilines is 2. The molecule has 1 saturated heterocycles. The minimum absolute atomic E-state index is 0.156. The second kappa shape index (κ2) is 8.02. The standard InChI is InChI=1S/C23H30N4/c1-23(2,3)20-6-8-21(9-7-20)25-17-19-15-22(10-5-18(19)16-24)27-13-11-26(4)12-14-27/h5-10,15,25H,11-14,17H2,1-4H3. The molecule has 2 aromatic rings. The third-order valence-electron chi connectivity index (χ3n) is 5.31. The highest BCUT2D eigenvalue weighted by Gasteiger charge is 2.16. The van der Waals surface area contributed by atoms with Crippen molar-refractivity contribution in [2.75, 3.05) is 43.4 Å². The normalized spacial score (nSPS) is 15.4. The summed E-state index contributed by atoms with van der Waals surface area (Å²) >= 11 is 0. The molecule has 1 aliphatic rings. The van der Waals surface area contributed by atoms with Crippen LogP contribution in [0, 0.1) is 11.3 Å². The highest BCUT2D eigenvalue weighted by molar-refractivity contribution is 5.56. The zero-order valence-corrected chi connectivity index (χ0v) is 16.9. The molecule has 2 aromatic carbocycles. The second-order valence-corrected chi connectivity index (χ2v) is 8.42. The zero-order valence-electron chi connectivity index (χ0n) is 16.9. The van der Waals surface area contributed by atoms with Crippen LogP contribution in [0.2, 0.25) is 0 Å². The topological polar surface area (TPSA) is 42.3 Å². The first-order chi connectivity index (χ1) is 12.9. The first kappa shape index (κ1) is 19.3. The summed E-state index contributed by atoms with van der Waals surface area (Å²) in [5.74, 6) is 0. The van der Waals surface area contributed by atoms with Crippen LogP contribution in [0.4, 0.5) is 11.4 Å². The number of likely N-dealkylation sites (N-methyl/N-ethyl adjacent to an activating group) is 1. The number of nitrogens with one attached hydrogen (secondary N) is 1. The van der Waals surface area contributed by atoms with Crippen LogP contribution < -0.4 is 10.2 Å². The predicted octanol–water partition coefficient (Wildman–Crippen LogP) is 4.22. The number of nitrogens with zero attached hydrogens (tertiary/aromatic N) is 3. The van der Waals surface area contributed by atoms with Gasteiger partial charge in [0.1, 0.15) is 0 Å². The minimum atomic E-state index is 0.156. The van der Waals surface area contributed by atoms with Crippen LogP contribution in [0.5, 0.6) is 0 Å².